The number of nitrogens with one attached hydrogen (secondary N) is 1. The smallest absolute Gasteiger partial charge is 0.142 e. The third-order valence-corrected chi connectivity index (χ3v) is 2.69. The minimum Gasteiger partial charge on any atom is -0.489 e. The minimum absolute atomic E-state index is 0.445. The van der Waals surface area contributed by atoms with Crippen LogP contribution < -0.4 is 10.1 Å². The fraction of sp³-hybridized carbons (Fsp3) is 0.667. The summed E-state index contributed by atoms with van der Waals surface area (Å²) in [5.74, 6) is 0.821. The van der Waals surface area contributed by atoms with Gasteiger partial charge in [-0.1, -0.05) is 13.8 Å². The van der Waals surface area contributed by atoms with E-state index in [0.29, 0.717) is 25.9 Å². The first-order chi connectivity index (χ1) is 9.74. The maximum Gasteiger partial charge on any atom is 0.142 e. The zero-order chi connectivity index (χ0) is 14.6. The lowest BCUT2D eigenvalue weighted by atomic mass is 10.2. The van der Waals surface area contributed by atoms with Crippen molar-refractivity contribution < 1.29 is 14.2 Å². The van der Waals surface area contributed by atoms with E-state index in [1.807, 2.05) is 6.07 Å². The molecular formula is C15H26N2O3. The van der Waals surface area contributed by atoms with Gasteiger partial charge in [0.25, 0.3) is 0 Å². The molecule has 1 aromatic rings. The fourth-order valence-corrected chi connectivity index (χ4v) is 1.62. The summed E-state index contributed by atoms with van der Waals surface area (Å²) in [6.07, 6.45) is 4.45. The monoisotopic (exact) mass is 282 g/mol. The molecule has 0 fully saturated rings. The predicted octanol–water partition coefficient (Wildman–Crippen LogP) is 2.01. The van der Waals surface area contributed by atoms with Gasteiger partial charge in [0.05, 0.1) is 12.8 Å². The minimum atomic E-state index is 0.445. The molecule has 114 valence electrons. The van der Waals surface area contributed by atoms with Crippen LogP contribution in [0.15, 0.2) is 18.5 Å². The molecular weight excluding hydrogens is 256 g/mol. The average molecular weight is 282 g/mol. The highest BCUT2D eigenvalue weighted by atomic mass is 16.5. The second-order valence-corrected chi connectivity index (χ2v) is 4.83. The molecule has 0 spiro atoms. The molecule has 1 rings (SSSR count). The van der Waals surface area contributed by atoms with Gasteiger partial charge >= 0.3 is 0 Å². The Hall–Kier alpha value is -1.17. The number of hydrogen-bond acceptors (Lipinski definition) is 5. The Morgan fingerprint density at radius 1 is 1.20 bits per heavy atom. The maximum absolute atomic E-state index is 5.72. The van der Waals surface area contributed by atoms with E-state index in [1.165, 1.54) is 0 Å². The molecule has 1 aromatic heterocycles. The largest absolute Gasteiger partial charge is 0.489 e. The first-order valence-corrected chi connectivity index (χ1v) is 7.09. The van der Waals surface area contributed by atoms with Crippen LogP contribution in [0.5, 0.6) is 5.75 Å². The summed E-state index contributed by atoms with van der Waals surface area (Å²) in [5, 5.41) is 3.37. The first kappa shape index (κ1) is 16.9. The van der Waals surface area contributed by atoms with Crippen LogP contribution in [0.1, 0.15) is 25.8 Å². The molecule has 1 N–H and O–H groups in total. The third-order valence-electron chi connectivity index (χ3n) is 2.69. The normalized spacial score (nSPS) is 11.0. The van der Waals surface area contributed by atoms with Crippen molar-refractivity contribution in [2.75, 3.05) is 33.5 Å². The van der Waals surface area contributed by atoms with Crippen molar-refractivity contribution in [3.8, 4) is 5.75 Å². The van der Waals surface area contributed by atoms with Crippen molar-refractivity contribution in [2.45, 2.75) is 32.9 Å². The van der Waals surface area contributed by atoms with Gasteiger partial charge in [-0.05, 0) is 12.5 Å². The van der Waals surface area contributed by atoms with E-state index in [-0.39, 0.29) is 0 Å². The van der Waals surface area contributed by atoms with Crippen LogP contribution in [0.25, 0.3) is 0 Å². The number of nitrogens with zero attached hydrogens (tertiary/aromatic N) is 1. The highest BCUT2D eigenvalue weighted by Gasteiger charge is 2.04. The molecule has 20 heavy (non-hydrogen) atoms. The first-order valence-electron chi connectivity index (χ1n) is 7.09. The number of rotatable bonds is 11. The van der Waals surface area contributed by atoms with Gasteiger partial charge in [-0.15, -0.1) is 0 Å². The number of methoxy groups -OCH3 is 1. The summed E-state index contributed by atoms with van der Waals surface area (Å²) < 4.78 is 16.1. The molecule has 0 saturated heterocycles. The summed E-state index contributed by atoms with van der Waals surface area (Å²) in [5.41, 5.74) is 1.12. The van der Waals surface area contributed by atoms with Gasteiger partial charge in [-0.3, -0.25) is 4.98 Å². The molecule has 5 nitrogen and oxygen atoms in total. The van der Waals surface area contributed by atoms with Crippen molar-refractivity contribution in [3.05, 3.63) is 24.0 Å². The number of aromatic nitrogens is 1. The quantitative estimate of drug-likeness (QED) is 0.629. The predicted molar refractivity (Wildman–Crippen MR) is 79.0 cm³/mol. The molecule has 0 aliphatic carbocycles. The number of ether oxygens (including phenoxy) is 3. The van der Waals surface area contributed by atoms with E-state index in [4.69, 9.17) is 14.2 Å². The zero-order valence-electron chi connectivity index (χ0n) is 12.7. The van der Waals surface area contributed by atoms with Crippen molar-refractivity contribution >= 4 is 0 Å². The average Bonchev–Trinajstić information content (AvgIpc) is 2.45. The Morgan fingerprint density at radius 3 is 2.80 bits per heavy atom. The van der Waals surface area contributed by atoms with E-state index >= 15 is 0 Å². The van der Waals surface area contributed by atoms with Gasteiger partial charge in [0.2, 0.25) is 0 Å². The van der Waals surface area contributed by atoms with Crippen molar-refractivity contribution in [2.24, 2.45) is 0 Å². The van der Waals surface area contributed by atoms with E-state index < -0.39 is 0 Å². The molecule has 5 heteroatoms. The van der Waals surface area contributed by atoms with Gasteiger partial charge in [0.15, 0.2) is 0 Å². The Bertz CT molecular complexity index is 359. The van der Waals surface area contributed by atoms with Crippen LogP contribution in [-0.4, -0.2) is 44.6 Å². The van der Waals surface area contributed by atoms with Gasteiger partial charge in [-0.25, -0.2) is 0 Å². The number of hydrogen-bond donors (Lipinski definition) is 1. The molecule has 0 atom stereocenters. The lowest BCUT2D eigenvalue weighted by molar-refractivity contribution is 0.0803. The SMILES string of the molecule is COCCCOCCOc1cnccc1CNC(C)C. The zero-order valence-corrected chi connectivity index (χ0v) is 12.7. The second kappa shape index (κ2) is 10.6. The Kier molecular flexibility index (Phi) is 8.95. The molecule has 0 unspecified atom stereocenters. The highest BCUT2D eigenvalue weighted by Crippen LogP contribution is 2.16. The fourth-order valence-electron chi connectivity index (χ4n) is 1.62. The molecule has 0 aromatic carbocycles. The van der Waals surface area contributed by atoms with Crippen LogP contribution in [0, 0.1) is 0 Å². The summed E-state index contributed by atoms with van der Waals surface area (Å²) in [7, 11) is 1.69. The van der Waals surface area contributed by atoms with Crippen molar-refractivity contribution in [1.29, 1.82) is 0 Å². The molecule has 0 amide bonds. The van der Waals surface area contributed by atoms with E-state index in [9.17, 15) is 0 Å². The molecule has 0 aliphatic heterocycles. The maximum atomic E-state index is 5.72. The summed E-state index contributed by atoms with van der Waals surface area (Å²) in [6, 6.07) is 2.42. The topological polar surface area (TPSA) is 52.6 Å². The second-order valence-electron chi connectivity index (χ2n) is 4.83. The van der Waals surface area contributed by atoms with E-state index in [2.05, 4.69) is 24.1 Å². The lowest BCUT2D eigenvalue weighted by Gasteiger charge is -2.13. The van der Waals surface area contributed by atoms with Crippen molar-refractivity contribution in [3.63, 3.8) is 0 Å². The molecule has 0 aliphatic rings. The Morgan fingerprint density at radius 2 is 2.05 bits per heavy atom. The van der Waals surface area contributed by atoms with Crippen LogP contribution in [0.3, 0.4) is 0 Å². The van der Waals surface area contributed by atoms with Gasteiger partial charge in [0.1, 0.15) is 12.4 Å². The van der Waals surface area contributed by atoms with Crippen LogP contribution in [0.4, 0.5) is 0 Å². The van der Waals surface area contributed by atoms with E-state index in [1.54, 1.807) is 19.5 Å². The van der Waals surface area contributed by atoms with Crippen molar-refractivity contribution in [1.82, 2.24) is 10.3 Å². The van der Waals surface area contributed by atoms with Gasteiger partial charge in [0, 0.05) is 44.7 Å². The third kappa shape index (κ3) is 7.43. The lowest BCUT2D eigenvalue weighted by Crippen LogP contribution is -2.22. The Labute approximate surface area is 121 Å². The molecule has 0 bridgehead atoms. The summed E-state index contributed by atoms with van der Waals surface area (Å²) >= 11 is 0. The van der Waals surface area contributed by atoms with Gasteiger partial charge in [-0.2, -0.15) is 0 Å². The van der Waals surface area contributed by atoms with Gasteiger partial charge < -0.3 is 19.5 Å². The highest BCUT2D eigenvalue weighted by molar-refractivity contribution is 5.29. The van der Waals surface area contributed by atoms with Crippen LogP contribution in [-0.2, 0) is 16.0 Å². The van der Waals surface area contributed by atoms with Crippen LogP contribution in [0.2, 0.25) is 0 Å². The molecule has 0 saturated carbocycles. The summed E-state index contributed by atoms with van der Waals surface area (Å²) in [6.45, 7) is 7.57. The standard InChI is InChI=1S/C15H26N2O3/c1-13(2)17-11-14-5-6-16-12-15(14)20-10-9-19-8-4-7-18-3/h5-6,12-13,17H,4,7-11H2,1-3H3. The Balaban J connectivity index is 2.25. The molecule has 1 heterocycles. The summed E-state index contributed by atoms with van der Waals surface area (Å²) in [4.78, 5) is 4.10. The molecule has 0 radical (unpaired) electrons. The van der Waals surface area contributed by atoms with E-state index in [0.717, 1.165) is 30.9 Å². The number of pyridine rings is 1. The van der Waals surface area contributed by atoms with Crippen LogP contribution >= 0.6 is 0 Å².